The van der Waals surface area contributed by atoms with Crippen molar-refractivity contribution in [1.82, 2.24) is 0 Å². The second-order valence-electron chi connectivity index (χ2n) is 4.91. The van der Waals surface area contributed by atoms with Crippen LogP contribution in [0.2, 0.25) is 5.02 Å². The number of halogens is 1. The molecular weight excluding hydrogens is 304 g/mol. The number of benzene rings is 1. The SMILES string of the molecule is Cc1ccc(Cl)cc1N1C(=N)S[C@H]2CS(=O)(=O)C[C@H]21. The van der Waals surface area contributed by atoms with Gasteiger partial charge in [0, 0.05) is 16.0 Å². The number of amidine groups is 1. The van der Waals surface area contributed by atoms with Crippen LogP contribution in [0.4, 0.5) is 5.69 Å². The minimum absolute atomic E-state index is 0.0316. The topological polar surface area (TPSA) is 61.2 Å². The van der Waals surface area contributed by atoms with Crippen molar-refractivity contribution in [2.24, 2.45) is 0 Å². The smallest absolute Gasteiger partial charge is 0.161 e. The zero-order valence-corrected chi connectivity index (χ0v) is 12.6. The zero-order chi connectivity index (χ0) is 13.8. The minimum atomic E-state index is -2.98. The summed E-state index contributed by atoms with van der Waals surface area (Å²) >= 11 is 7.36. The van der Waals surface area contributed by atoms with Crippen molar-refractivity contribution in [2.45, 2.75) is 18.2 Å². The van der Waals surface area contributed by atoms with Gasteiger partial charge >= 0.3 is 0 Å². The molecular formula is C12H13ClN2O2S2. The van der Waals surface area contributed by atoms with Crippen LogP contribution in [0.3, 0.4) is 0 Å². The molecule has 2 heterocycles. The number of nitrogens with zero attached hydrogens (tertiary/aromatic N) is 1. The summed E-state index contributed by atoms with van der Waals surface area (Å²) in [6, 6.07) is 5.36. The van der Waals surface area contributed by atoms with Crippen molar-refractivity contribution in [3.8, 4) is 0 Å². The number of rotatable bonds is 1. The van der Waals surface area contributed by atoms with Gasteiger partial charge in [0.1, 0.15) is 0 Å². The van der Waals surface area contributed by atoms with Gasteiger partial charge in [0.15, 0.2) is 15.0 Å². The third-order valence-corrected chi connectivity index (χ3v) is 6.88. The molecule has 2 atom stereocenters. The molecule has 2 aliphatic heterocycles. The maximum absolute atomic E-state index is 11.7. The Balaban J connectivity index is 2.04. The second-order valence-corrected chi connectivity index (χ2v) is 8.72. The average molecular weight is 317 g/mol. The maximum Gasteiger partial charge on any atom is 0.161 e. The summed E-state index contributed by atoms with van der Waals surface area (Å²) in [5.41, 5.74) is 1.84. The first-order valence-electron chi connectivity index (χ1n) is 5.88. The first-order valence-corrected chi connectivity index (χ1v) is 8.96. The van der Waals surface area contributed by atoms with Gasteiger partial charge in [-0.2, -0.15) is 0 Å². The van der Waals surface area contributed by atoms with Gasteiger partial charge in [-0.1, -0.05) is 29.4 Å². The van der Waals surface area contributed by atoms with Crippen LogP contribution in [0.1, 0.15) is 5.56 Å². The number of fused-ring (bicyclic) bond motifs is 1. The molecule has 3 rings (SSSR count). The number of hydrogen-bond acceptors (Lipinski definition) is 4. The van der Waals surface area contributed by atoms with E-state index in [1.165, 1.54) is 11.8 Å². The summed E-state index contributed by atoms with van der Waals surface area (Å²) in [6.45, 7) is 1.94. The average Bonchev–Trinajstić information content (AvgIpc) is 2.73. The molecule has 102 valence electrons. The fraction of sp³-hybridized carbons (Fsp3) is 0.417. The maximum atomic E-state index is 11.7. The zero-order valence-electron chi connectivity index (χ0n) is 10.3. The molecule has 0 amide bonds. The summed E-state index contributed by atoms with van der Waals surface area (Å²) in [7, 11) is -2.98. The molecule has 0 saturated carbocycles. The van der Waals surface area contributed by atoms with Crippen LogP contribution in [-0.4, -0.2) is 36.4 Å². The molecule has 7 heteroatoms. The van der Waals surface area contributed by atoms with Crippen molar-refractivity contribution in [3.63, 3.8) is 0 Å². The summed E-state index contributed by atoms with van der Waals surface area (Å²) in [6.07, 6.45) is 0. The Morgan fingerprint density at radius 3 is 2.89 bits per heavy atom. The predicted molar refractivity (Wildman–Crippen MR) is 80.2 cm³/mol. The minimum Gasteiger partial charge on any atom is -0.316 e. The molecule has 1 aromatic rings. The molecule has 2 saturated heterocycles. The van der Waals surface area contributed by atoms with E-state index in [0.29, 0.717) is 10.2 Å². The van der Waals surface area contributed by atoms with E-state index in [1.807, 2.05) is 17.9 Å². The Bertz CT molecular complexity index is 660. The van der Waals surface area contributed by atoms with Crippen LogP contribution < -0.4 is 4.90 Å². The van der Waals surface area contributed by atoms with Crippen molar-refractivity contribution in [2.75, 3.05) is 16.4 Å². The quantitative estimate of drug-likeness (QED) is 0.863. The monoisotopic (exact) mass is 316 g/mol. The molecule has 4 nitrogen and oxygen atoms in total. The van der Waals surface area contributed by atoms with Gasteiger partial charge in [-0.15, -0.1) is 0 Å². The highest BCUT2D eigenvalue weighted by molar-refractivity contribution is 8.15. The van der Waals surface area contributed by atoms with Gasteiger partial charge in [-0.05, 0) is 24.6 Å². The van der Waals surface area contributed by atoms with Crippen molar-refractivity contribution >= 4 is 44.1 Å². The van der Waals surface area contributed by atoms with Crippen molar-refractivity contribution < 1.29 is 8.42 Å². The number of aryl methyl sites for hydroxylation is 1. The Labute approximate surface area is 121 Å². The van der Waals surface area contributed by atoms with E-state index in [2.05, 4.69) is 0 Å². The molecule has 2 aliphatic rings. The van der Waals surface area contributed by atoms with Gasteiger partial charge < -0.3 is 4.90 Å². The number of sulfone groups is 1. The van der Waals surface area contributed by atoms with E-state index in [0.717, 1.165) is 11.3 Å². The van der Waals surface area contributed by atoms with Crippen molar-refractivity contribution in [3.05, 3.63) is 28.8 Å². The highest BCUT2D eigenvalue weighted by atomic mass is 35.5. The molecule has 19 heavy (non-hydrogen) atoms. The Kier molecular flexibility index (Phi) is 3.07. The summed E-state index contributed by atoms with van der Waals surface area (Å²) < 4.78 is 23.5. The lowest BCUT2D eigenvalue weighted by Gasteiger charge is -2.25. The van der Waals surface area contributed by atoms with E-state index >= 15 is 0 Å². The van der Waals surface area contributed by atoms with Crippen molar-refractivity contribution in [1.29, 1.82) is 5.41 Å². The van der Waals surface area contributed by atoms with Gasteiger partial charge in [0.05, 0.1) is 17.5 Å². The molecule has 0 aliphatic carbocycles. The highest BCUT2D eigenvalue weighted by Gasteiger charge is 2.48. The first-order chi connectivity index (χ1) is 8.87. The van der Waals surface area contributed by atoms with Crippen LogP contribution in [0, 0.1) is 12.3 Å². The van der Waals surface area contributed by atoms with Gasteiger partial charge in [-0.3, -0.25) is 5.41 Å². The number of hydrogen-bond donors (Lipinski definition) is 1. The fourth-order valence-corrected chi connectivity index (χ4v) is 6.58. The van der Waals surface area contributed by atoms with Crippen LogP contribution in [0.15, 0.2) is 18.2 Å². The number of nitrogens with one attached hydrogen (secondary N) is 1. The van der Waals surface area contributed by atoms with E-state index in [9.17, 15) is 8.42 Å². The summed E-state index contributed by atoms with van der Waals surface area (Å²) in [5, 5.41) is 9.07. The van der Waals surface area contributed by atoms with Crippen LogP contribution in [-0.2, 0) is 9.84 Å². The Hall–Kier alpha value is -0.720. The largest absolute Gasteiger partial charge is 0.316 e. The lowest BCUT2D eigenvalue weighted by molar-refractivity contribution is 0.601. The third-order valence-electron chi connectivity index (χ3n) is 3.52. The van der Waals surface area contributed by atoms with E-state index < -0.39 is 9.84 Å². The Morgan fingerprint density at radius 1 is 1.42 bits per heavy atom. The molecule has 0 bridgehead atoms. The normalized spacial score (nSPS) is 28.7. The van der Waals surface area contributed by atoms with Gasteiger partial charge in [0.25, 0.3) is 0 Å². The fourth-order valence-electron chi connectivity index (χ4n) is 2.63. The molecule has 0 spiro atoms. The van der Waals surface area contributed by atoms with Crippen LogP contribution >= 0.6 is 23.4 Å². The van der Waals surface area contributed by atoms with Gasteiger partial charge in [0.2, 0.25) is 0 Å². The molecule has 0 unspecified atom stereocenters. The third kappa shape index (κ3) is 2.26. The number of thioether (sulfide) groups is 1. The van der Waals surface area contributed by atoms with E-state index in [4.69, 9.17) is 17.0 Å². The number of anilines is 1. The van der Waals surface area contributed by atoms with E-state index in [1.54, 1.807) is 12.1 Å². The lowest BCUT2D eigenvalue weighted by atomic mass is 10.1. The molecule has 1 N–H and O–H groups in total. The second kappa shape index (κ2) is 4.40. The molecule has 2 fully saturated rings. The molecule has 1 aromatic carbocycles. The van der Waals surface area contributed by atoms with Gasteiger partial charge in [-0.25, -0.2) is 8.42 Å². The summed E-state index contributed by atoms with van der Waals surface area (Å²) in [4.78, 5) is 1.82. The first kappa shape index (κ1) is 13.3. The summed E-state index contributed by atoms with van der Waals surface area (Å²) in [5.74, 6) is 0.291. The molecule has 0 radical (unpaired) electrons. The van der Waals surface area contributed by atoms with Crippen LogP contribution in [0.5, 0.6) is 0 Å². The molecule has 0 aromatic heterocycles. The standard InChI is InChI=1S/C12H13ClN2O2S2/c1-7-2-3-8(13)4-9(7)15-10-5-19(16,17)6-11(10)18-12(15)14/h2-4,10-11,14H,5-6H2,1H3/t10-,11+/m1/s1. The van der Waals surface area contributed by atoms with E-state index in [-0.39, 0.29) is 22.8 Å². The van der Waals surface area contributed by atoms with Crippen LogP contribution in [0.25, 0.3) is 0 Å². The highest BCUT2D eigenvalue weighted by Crippen LogP contribution is 2.41. The lowest BCUT2D eigenvalue weighted by Crippen LogP contribution is -2.37. The Morgan fingerprint density at radius 2 is 2.16 bits per heavy atom. The predicted octanol–water partition coefficient (Wildman–Crippen LogP) is 2.30.